The molecule has 1 heterocycles. The average molecular weight is 256 g/mol. The van der Waals surface area contributed by atoms with E-state index in [0.717, 1.165) is 9.86 Å². The van der Waals surface area contributed by atoms with Crippen LogP contribution in [0.1, 0.15) is 5.69 Å². The zero-order valence-corrected chi connectivity index (χ0v) is 8.65. The lowest BCUT2D eigenvalue weighted by Crippen LogP contribution is -1.75. The number of benzene rings is 1. The minimum atomic E-state index is 0.351. The molecule has 0 saturated carbocycles. The van der Waals surface area contributed by atoms with Crippen LogP contribution < -0.4 is 0 Å². The van der Waals surface area contributed by atoms with Crippen LogP contribution in [0.2, 0.25) is 5.02 Å². The molecule has 0 spiro atoms. The standard InChI is InChI=1S/C8H3BrClN3/c9-4-1-2-5(10)8-7(4)6(3-11)12-13-8/h1-2H,(H,12,13). The molecule has 3 nitrogen and oxygen atoms in total. The van der Waals surface area contributed by atoms with Crippen LogP contribution >= 0.6 is 27.5 Å². The second-order valence-electron chi connectivity index (χ2n) is 2.46. The third kappa shape index (κ3) is 1.21. The molecule has 0 radical (unpaired) electrons. The van der Waals surface area contributed by atoms with Crippen molar-refractivity contribution in [2.75, 3.05) is 0 Å². The Morgan fingerprint density at radius 3 is 3.00 bits per heavy atom. The van der Waals surface area contributed by atoms with Crippen LogP contribution in [0.4, 0.5) is 0 Å². The van der Waals surface area contributed by atoms with E-state index in [9.17, 15) is 0 Å². The molecule has 0 amide bonds. The molecule has 13 heavy (non-hydrogen) atoms. The summed E-state index contributed by atoms with van der Waals surface area (Å²) >= 11 is 9.23. The fraction of sp³-hybridized carbons (Fsp3) is 0. The topological polar surface area (TPSA) is 52.5 Å². The number of fused-ring (bicyclic) bond motifs is 1. The van der Waals surface area contributed by atoms with Crippen molar-refractivity contribution in [2.45, 2.75) is 0 Å². The number of halogens is 2. The maximum Gasteiger partial charge on any atom is 0.171 e. The number of nitrogens with zero attached hydrogens (tertiary/aromatic N) is 2. The summed E-state index contributed by atoms with van der Waals surface area (Å²) in [5, 5.41) is 16.6. The molecule has 2 aromatic rings. The summed E-state index contributed by atoms with van der Waals surface area (Å²) in [5.74, 6) is 0. The van der Waals surface area contributed by atoms with Crippen molar-refractivity contribution in [3.63, 3.8) is 0 Å². The third-order valence-corrected chi connectivity index (χ3v) is 2.70. The monoisotopic (exact) mass is 255 g/mol. The van der Waals surface area contributed by atoms with Gasteiger partial charge in [0.15, 0.2) is 5.69 Å². The van der Waals surface area contributed by atoms with E-state index in [4.69, 9.17) is 16.9 Å². The Labute approximate surface area is 87.4 Å². The fourth-order valence-corrected chi connectivity index (χ4v) is 1.86. The van der Waals surface area contributed by atoms with E-state index < -0.39 is 0 Å². The van der Waals surface area contributed by atoms with Gasteiger partial charge in [-0.2, -0.15) is 10.4 Å². The largest absolute Gasteiger partial charge is 0.275 e. The van der Waals surface area contributed by atoms with E-state index in [1.54, 1.807) is 12.1 Å². The lowest BCUT2D eigenvalue weighted by atomic mass is 10.2. The van der Waals surface area contributed by atoms with Gasteiger partial charge >= 0.3 is 0 Å². The number of aromatic amines is 1. The quantitative estimate of drug-likeness (QED) is 0.788. The van der Waals surface area contributed by atoms with Gasteiger partial charge in [-0.15, -0.1) is 0 Å². The van der Waals surface area contributed by atoms with Gasteiger partial charge in [0.1, 0.15) is 6.07 Å². The normalized spacial score (nSPS) is 10.2. The van der Waals surface area contributed by atoms with Crippen LogP contribution in [0.25, 0.3) is 10.9 Å². The zero-order chi connectivity index (χ0) is 9.42. The molecule has 0 bridgehead atoms. The summed E-state index contributed by atoms with van der Waals surface area (Å²) in [6.07, 6.45) is 0. The van der Waals surface area contributed by atoms with E-state index in [1.807, 2.05) is 6.07 Å². The first-order chi connectivity index (χ1) is 6.24. The van der Waals surface area contributed by atoms with E-state index in [0.29, 0.717) is 16.2 Å². The Hall–Kier alpha value is -1.05. The first kappa shape index (κ1) is 8.54. The molecule has 0 unspecified atom stereocenters. The number of rotatable bonds is 0. The Morgan fingerprint density at radius 1 is 1.54 bits per heavy atom. The van der Waals surface area contributed by atoms with Gasteiger partial charge in [0, 0.05) is 4.47 Å². The minimum Gasteiger partial charge on any atom is -0.275 e. The average Bonchev–Trinajstić information content (AvgIpc) is 2.56. The smallest absolute Gasteiger partial charge is 0.171 e. The number of nitrogens with one attached hydrogen (secondary N) is 1. The Bertz CT molecular complexity index is 512. The van der Waals surface area contributed by atoms with Gasteiger partial charge in [-0.25, -0.2) is 0 Å². The highest BCUT2D eigenvalue weighted by Gasteiger charge is 2.10. The van der Waals surface area contributed by atoms with Crippen LogP contribution in [-0.2, 0) is 0 Å². The molecule has 64 valence electrons. The molecule has 2 rings (SSSR count). The molecular weight excluding hydrogens is 253 g/mol. The highest BCUT2D eigenvalue weighted by atomic mass is 79.9. The second kappa shape index (κ2) is 3.02. The number of aromatic nitrogens is 2. The highest BCUT2D eigenvalue weighted by molar-refractivity contribution is 9.10. The Kier molecular flexibility index (Phi) is 1.98. The number of hydrogen-bond donors (Lipinski definition) is 1. The zero-order valence-electron chi connectivity index (χ0n) is 6.31. The first-order valence-corrected chi connectivity index (χ1v) is 4.63. The van der Waals surface area contributed by atoms with Crippen molar-refractivity contribution >= 4 is 38.4 Å². The number of nitriles is 1. The minimum absolute atomic E-state index is 0.351. The fourth-order valence-electron chi connectivity index (χ4n) is 1.14. The van der Waals surface area contributed by atoms with Gasteiger partial charge in [-0.3, -0.25) is 5.10 Å². The van der Waals surface area contributed by atoms with E-state index in [-0.39, 0.29) is 0 Å². The van der Waals surface area contributed by atoms with Crippen LogP contribution in [0.5, 0.6) is 0 Å². The predicted octanol–water partition coefficient (Wildman–Crippen LogP) is 2.85. The van der Waals surface area contributed by atoms with Gasteiger partial charge < -0.3 is 0 Å². The third-order valence-electron chi connectivity index (χ3n) is 1.73. The summed E-state index contributed by atoms with van der Waals surface area (Å²) in [4.78, 5) is 0. The van der Waals surface area contributed by atoms with Gasteiger partial charge in [0.25, 0.3) is 0 Å². The maximum absolute atomic E-state index is 8.74. The lowest BCUT2D eigenvalue weighted by Gasteiger charge is -1.94. The predicted molar refractivity (Wildman–Crippen MR) is 53.5 cm³/mol. The van der Waals surface area contributed by atoms with Crippen LogP contribution in [0.3, 0.4) is 0 Å². The maximum atomic E-state index is 8.74. The van der Waals surface area contributed by atoms with Crippen molar-refractivity contribution < 1.29 is 0 Å². The van der Waals surface area contributed by atoms with Crippen molar-refractivity contribution in [3.05, 3.63) is 27.3 Å². The van der Waals surface area contributed by atoms with Crippen molar-refractivity contribution in [1.82, 2.24) is 10.2 Å². The van der Waals surface area contributed by atoms with Crippen LogP contribution in [0.15, 0.2) is 16.6 Å². The highest BCUT2D eigenvalue weighted by Crippen LogP contribution is 2.30. The molecule has 1 aromatic carbocycles. The van der Waals surface area contributed by atoms with Crippen molar-refractivity contribution in [2.24, 2.45) is 0 Å². The second-order valence-corrected chi connectivity index (χ2v) is 3.72. The lowest BCUT2D eigenvalue weighted by molar-refractivity contribution is 1.10. The van der Waals surface area contributed by atoms with Gasteiger partial charge in [-0.05, 0) is 28.1 Å². The molecule has 1 aromatic heterocycles. The summed E-state index contributed by atoms with van der Waals surface area (Å²) in [6.45, 7) is 0. The number of H-pyrrole nitrogens is 1. The van der Waals surface area contributed by atoms with E-state index in [2.05, 4.69) is 26.1 Å². The molecule has 0 saturated heterocycles. The summed E-state index contributed by atoms with van der Waals surface area (Å²) in [7, 11) is 0. The first-order valence-electron chi connectivity index (χ1n) is 3.46. The summed E-state index contributed by atoms with van der Waals surface area (Å²) < 4.78 is 0.817. The van der Waals surface area contributed by atoms with E-state index in [1.165, 1.54) is 0 Å². The Balaban J connectivity index is 2.98. The van der Waals surface area contributed by atoms with Gasteiger partial charge in [0.05, 0.1) is 15.9 Å². The van der Waals surface area contributed by atoms with Crippen molar-refractivity contribution in [3.8, 4) is 6.07 Å². The number of hydrogen-bond acceptors (Lipinski definition) is 2. The van der Waals surface area contributed by atoms with Crippen LogP contribution in [-0.4, -0.2) is 10.2 Å². The van der Waals surface area contributed by atoms with E-state index >= 15 is 0 Å². The molecule has 0 fully saturated rings. The van der Waals surface area contributed by atoms with Gasteiger partial charge in [0.2, 0.25) is 0 Å². The summed E-state index contributed by atoms with van der Waals surface area (Å²) in [6, 6.07) is 5.52. The molecule has 0 atom stereocenters. The molecule has 0 aliphatic rings. The molecule has 0 aliphatic heterocycles. The van der Waals surface area contributed by atoms with Gasteiger partial charge in [-0.1, -0.05) is 11.6 Å². The molecular formula is C8H3BrClN3. The summed E-state index contributed by atoms with van der Waals surface area (Å²) in [5.41, 5.74) is 1.04. The van der Waals surface area contributed by atoms with Crippen molar-refractivity contribution in [1.29, 1.82) is 5.26 Å². The molecule has 5 heteroatoms. The Morgan fingerprint density at radius 2 is 2.31 bits per heavy atom. The molecule has 1 N–H and O–H groups in total. The SMILES string of the molecule is N#Cc1n[nH]c2c(Cl)ccc(Br)c12. The van der Waals surface area contributed by atoms with Crippen LogP contribution in [0, 0.1) is 11.3 Å². The molecule has 0 aliphatic carbocycles.